The SMILES string of the molecule is COc1ccc(Br)cc1/C=N/NC(=O)C1C2CCCCC21. The number of halogens is 1. The van der Waals surface area contributed by atoms with Gasteiger partial charge < -0.3 is 4.74 Å². The van der Waals surface area contributed by atoms with Crippen LogP contribution in [-0.4, -0.2) is 19.2 Å². The summed E-state index contributed by atoms with van der Waals surface area (Å²) < 4.78 is 6.22. The van der Waals surface area contributed by atoms with Gasteiger partial charge in [-0.2, -0.15) is 5.10 Å². The zero-order valence-electron chi connectivity index (χ0n) is 12.0. The van der Waals surface area contributed by atoms with Crippen LogP contribution in [0, 0.1) is 17.8 Å². The molecule has 2 aliphatic carbocycles. The Morgan fingerprint density at radius 2 is 2.10 bits per heavy atom. The van der Waals surface area contributed by atoms with Crippen LogP contribution in [-0.2, 0) is 4.79 Å². The summed E-state index contributed by atoms with van der Waals surface area (Å²) in [4.78, 5) is 12.1. The largest absolute Gasteiger partial charge is 0.496 e. The Bertz CT molecular complexity index is 561. The van der Waals surface area contributed by atoms with E-state index in [2.05, 4.69) is 26.5 Å². The summed E-state index contributed by atoms with van der Waals surface area (Å²) in [6, 6.07) is 5.68. The molecule has 2 fully saturated rings. The van der Waals surface area contributed by atoms with Gasteiger partial charge in [0.25, 0.3) is 0 Å². The first kappa shape index (κ1) is 14.6. The van der Waals surface area contributed by atoms with E-state index in [-0.39, 0.29) is 11.8 Å². The maximum atomic E-state index is 12.1. The third-order valence-electron chi connectivity index (χ3n) is 4.53. The minimum Gasteiger partial charge on any atom is -0.496 e. The van der Waals surface area contributed by atoms with Gasteiger partial charge in [0, 0.05) is 16.0 Å². The van der Waals surface area contributed by atoms with Crippen LogP contribution in [0.2, 0.25) is 0 Å². The molecule has 3 rings (SSSR count). The van der Waals surface area contributed by atoms with E-state index in [1.807, 2.05) is 18.2 Å². The van der Waals surface area contributed by atoms with E-state index in [9.17, 15) is 4.79 Å². The summed E-state index contributed by atoms with van der Waals surface area (Å²) in [5.41, 5.74) is 3.51. The fourth-order valence-electron chi connectivity index (χ4n) is 3.43. The maximum Gasteiger partial charge on any atom is 0.243 e. The lowest BCUT2D eigenvalue weighted by molar-refractivity contribution is -0.122. The molecule has 0 spiro atoms. The predicted molar refractivity (Wildman–Crippen MR) is 85.4 cm³/mol. The van der Waals surface area contributed by atoms with Crippen LogP contribution in [0.25, 0.3) is 0 Å². The average Bonchev–Trinajstić information content (AvgIpc) is 3.22. The highest BCUT2D eigenvalue weighted by molar-refractivity contribution is 9.10. The number of carbonyl (C=O) groups excluding carboxylic acids is 1. The van der Waals surface area contributed by atoms with Gasteiger partial charge in [-0.3, -0.25) is 4.79 Å². The zero-order valence-corrected chi connectivity index (χ0v) is 13.6. The summed E-state index contributed by atoms with van der Waals surface area (Å²) >= 11 is 3.42. The lowest BCUT2D eigenvalue weighted by Gasteiger charge is -2.04. The summed E-state index contributed by atoms with van der Waals surface area (Å²) in [5.74, 6) is 2.20. The Balaban J connectivity index is 1.60. The molecule has 1 N–H and O–H groups in total. The molecule has 21 heavy (non-hydrogen) atoms. The average molecular weight is 351 g/mol. The van der Waals surface area contributed by atoms with E-state index in [0.717, 1.165) is 15.8 Å². The van der Waals surface area contributed by atoms with Crippen LogP contribution in [0.1, 0.15) is 31.2 Å². The van der Waals surface area contributed by atoms with Crippen molar-refractivity contribution in [2.45, 2.75) is 25.7 Å². The monoisotopic (exact) mass is 350 g/mol. The summed E-state index contributed by atoms with van der Waals surface area (Å²) in [6.07, 6.45) is 6.57. The van der Waals surface area contributed by atoms with E-state index in [0.29, 0.717) is 11.8 Å². The van der Waals surface area contributed by atoms with Crippen molar-refractivity contribution >= 4 is 28.1 Å². The lowest BCUT2D eigenvalue weighted by atomic mass is 10.0. The molecule has 0 saturated heterocycles. The Hall–Kier alpha value is -1.36. The normalized spacial score (nSPS) is 27.2. The van der Waals surface area contributed by atoms with Gasteiger partial charge in [0.05, 0.1) is 13.3 Å². The molecule has 0 bridgehead atoms. The molecule has 4 nitrogen and oxygen atoms in total. The van der Waals surface area contributed by atoms with Crippen molar-refractivity contribution in [2.24, 2.45) is 22.9 Å². The number of hydrogen-bond donors (Lipinski definition) is 1. The molecule has 0 radical (unpaired) electrons. The number of fused-ring (bicyclic) bond motifs is 1. The van der Waals surface area contributed by atoms with Crippen LogP contribution in [0.15, 0.2) is 27.8 Å². The molecular weight excluding hydrogens is 332 g/mol. The van der Waals surface area contributed by atoms with Gasteiger partial charge in [-0.05, 0) is 42.9 Å². The van der Waals surface area contributed by atoms with Gasteiger partial charge >= 0.3 is 0 Å². The van der Waals surface area contributed by atoms with Crippen LogP contribution in [0.5, 0.6) is 5.75 Å². The number of carbonyl (C=O) groups is 1. The van der Waals surface area contributed by atoms with Crippen molar-refractivity contribution in [1.82, 2.24) is 5.43 Å². The molecule has 0 aliphatic heterocycles. The Morgan fingerprint density at radius 1 is 1.38 bits per heavy atom. The minimum absolute atomic E-state index is 0.0668. The highest BCUT2D eigenvalue weighted by atomic mass is 79.9. The summed E-state index contributed by atoms with van der Waals surface area (Å²) in [7, 11) is 1.62. The second kappa shape index (κ2) is 6.18. The second-order valence-electron chi connectivity index (χ2n) is 5.76. The van der Waals surface area contributed by atoms with Crippen LogP contribution in [0.3, 0.4) is 0 Å². The van der Waals surface area contributed by atoms with Crippen molar-refractivity contribution in [3.8, 4) is 5.75 Å². The molecule has 1 aromatic rings. The number of amides is 1. The predicted octanol–water partition coefficient (Wildman–Crippen LogP) is 3.34. The Labute approximate surface area is 133 Å². The fourth-order valence-corrected chi connectivity index (χ4v) is 3.81. The second-order valence-corrected chi connectivity index (χ2v) is 6.67. The molecule has 0 aromatic heterocycles. The quantitative estimate of drug-likeness (QED) is 0.668. The van der Waals surface area contributed by atoms with Gasteiger partial charge in [0.2, 0.25) is 5.91 Å². The number of nitrogens with zero attached hydrogens (tertiary/aromatic N) is 1. The van der Waals surface area contributed by atoms with Crippen molar-refractivity contribution in [2.75, 3.05) is 7.11 Å². The van der Waals surface area contributed by atoms with E-state index in [4.69, 9.17) is 4.74 Å². The summed E-state index contributed by atoms with van der Waals surface area (Å²) in [6.45, 7) is 0. The van der Waals surface area contributed by atoms with Crippen molar-refractivity contribution < 1.29 is 9.53 Å². The Morgan fingerprint density at radius 3 is 2.76 bits per heavy atom. The van der Waals surface area contributed by atoms with Crippen molar-refractivity contribution in [3.63, 3.8) is 0 Å². The van der Waals surface area contributed by atoms with Crippen molar-refractivity contribution in [1.29, 1.82) is 0 Å². The number of hydrogen-bond acceptors (Lipinski definition) is 3. The molecule has 2 saturated carbocycles. The first-order valence-corrected chi connectivity index (χ1v) is 8.16. The number of hydrazone groups is 1. The molecule has 1 amide bonds. The third-order valence-corrected chi connectivity index (χ3v) is 5.02. The zero-order chi connectivity index (χ0) is 14.8. The lowest BCUT2D eigenvalue weighted by Crippen LogP contribution is -2.20. The van der Waals surface area contributed by atoms with E-state index in [1.54, 1.807) is 13.3 Å². The van der Waals surface area contributed by atoms with Gasteiger partial charge in [-0.1, -0.05) is 28.8 Å². The van der Waals surface area contributed by atoms with Crippen LogP contribution >= 0.6 is 15.9 Å². The first-order valence-electron chi connectivity index (χ1n) is 7.37. The fraction of sp³-hybridized carbons (Fsp3) is 0.500. The third kappa shape index (κ3) is 3.12. The van der Waals surface area contributed by atoms with Crippen molar-refractivity contribution in [3.05, 3.63) is 28.2 Å². The molecule has 5 heteroatoms. The maximum absolute atomic E-state index is 12.1. The van der Waals surface area contributed by atoms with Gasteiger partial charge in [0.1, 0.15) is 5.75 Å². The molecular formula is C16H19BrN2O2. The number of ether oxygens (including phenoxy) is 1. The van der Waals surface area contributed by atoms with Crippen LogP contribution in [0.4, 0.5) is 0 Å². The molecule has 0 heterocycles. The summed E-state index contributed by atoms with van der Waals surface area (Å²) in [5, 5.41) is 4.09. The first-order chi connectivity index (χ1) is 10.2. The van der Waals surface area contributed by atoms with Gasteiger partial charge in [0.15, 0.2) is 0 Å². The number of benzene rings is 1. The molecule has 2 aliphatic rings. The molecule has 2 unspecified atom stereocenters. The van der Waals surface area contributed by atoms with Gasteiger partial charge in [-0.15, -0.1) is 0 Å². The Kier molecular flexibility index (Phi) is 4.29. The minimum atomic E-state index is 0.0668. The van der Waals surface area contributed by atoms with E-state index >= 15 is 0 Å². The number of methoxy groups -OCH3 is 1. The standard InChI is InChI=1S/C16H19BrN2O2/c1-21-14-7-6-11(17)8-10(14)9-18-19-16(20)15-12-4-2-3-5-13(12)15/h6-9,12-13,15H,2-5H2,1H3,(H,19,20)/b18-9+. The number of nitrogens with one attached hydrogen (secondary N) is 1. The smallest absolute Gasteiger partial charge is 0.243 e. The molecule has 2 atom stereocenters. The number of rotatable bonds is 4. The van der Waals surface area contributed by atoms with E-state index < -0.39 is 0 Å². The molecule has 112 valence electrons. The topological polar surface area (TPSA) is 50.7 Å². The van der Waals surface area contributed by atoms with E-state index in [1.165, 1.54) is 25.7 Å². The van der Waals surface area contributed by atoms with Gasteiger partial charge in [-0.25, -0.2) is 5.43 Å². The highest BCUT2D eigenvalue weighted by Crippen LogP contribution is 2.55. The highest BCUT2D eigenvalue weighted by Gasteiger charge is 2.54. The van der Waals surface area contributed by atoms with Crippen LogP contribution < -0.4 is 10.2 Å². The molecule has 1 aromatic carbocycles.